The molecule has 0 aliphatic carbocycles. The van der Waals surface area contributed by atoms with Crippen LogP contribution in [0.25, 0.3) is 0 Å². The Labute approximate surface area is 133 Å². The number of nitrogens with one attached hydrogen (secondary N) is 1. The van der Waals surface area contributed by atoms with Crippen LogP contribution < -0.4 is 5.32 Å². The standard InChI is InChI=1S/C16H18N2O3S/c1-3-21-16(20)8-13-10-22-15(18-13)9-14(19)17-12-6-4-11(2)5-7-12/h4-7,10H,3,8-9H2,1-2H3,(H,17,19). The van der Waals surface area contributed by atoms with E-state index in [9.17, 15) is 9.59 Å². The molecule has 0 radical (unpaired) electrons. The fourth-order valence-corrected chi connectivity index (χ4v) is 2.64. The van der Waals surface area contributed by atoms with Crippen LogP contribution in [0.4, 0.5) is 5.69 Å². The monoisotopic (exact) mass is 318 g/mol. The molecule has 2 aromatic rings. The van der Waals surface area contributed by atoms with E-state index in [-0.39, 0.29) is 24.7 Å². The van der Waals surface area contributed by atoms with Crippen LogP contribution in [-0.2, 0) is 27.2 Å². The van der Waals surface area contributed by atoms with Crippen molar-refractivity contribution in [2.45, 2.75) is 26.7 Å². The highest BCUT2D eigenvalue weighted by molar-refractivity contribution is 7.09. The number of hydrogen-bond acceptors (Lipinski definition) is 5. The van der Waals surface area contributed by atoms with Gasteiger partial charge in [0.25, 0.3) is 0 Å². The van der Waals surface area contributed by atoms with E-state index in [0.717, 1.165) is 11.3 Å². The Hall–Kier alpha value is -2.21. The number of ether oxygens (including phenoxy) is 1. The third-order valence-corrected chi connectivity index (χ3v) is 3.77. The second-order valence-corrected chi connectivity index (χ2v) is 5.75. The maximum absolute atomic E-state index is 12.0. The van der Waals surface area contributed by atoms with Gasteiger partial charge in [0.1, 0.15) is 5.01 Å². The number of thiazole rings is 1. The maximum Gasteiger partial charge on any atom is 0.311 e. The van der Waals surface area contributed by atoms with Gasteiger partial charge in [-0.15, -0.1) is 11.3 Å². The highest BCUT2D eigenvalue weighted by atomic mass is 32.1. The summed E-state index contributed by atoms with van der Waals surface area (Å²) in [5.41, 5.74) is 2.54. The molecule has 0 fully saturated rings. The molecular weight excluding hydrogens is 300 g/mol. The molecule has 2 rings (SSSR count). The van der Waals surface area contributed by atoms with E-state index in [1.165, 1.54) is 11.3 Å². The minimum absolute atomic E-state index is 0.124. The second kappa shape index (κ2) is 7.70. The van der Waals surface area contributed by atoms with Crippen LogP contribution in [0.3, 0.4) is 0 Å². The zero-order valence-corrected chi connectivity index (χ0v) is 13.4. The predicted molar refractivity (Wildman–Crippen MR) is 86.0 cm³/mol. The molecule has 0 saturated heterocycles. The van der Waals surface area contributed by atoms with E-state index in [2.05, 4.69) is 10.3 Å². The molecule has 0 aliphatic heterocycles. The molecular formula is C16H18N2O3S. The van der Waals surface area contributed by atoms with Crippen LogP contribution in [0.2, 0.25) is 0 Å². The van der Waals surface area contributed by atoms with Gasteiger partial charge in [-0.3, -0.25) is 9.59 Å². The third kappa shape index (κ3) is 4.96. The van der Waals surface area contributed by atoms with Crippen molar-refractivity contribution in [3.63, 3.8) is 0 Å². The number of esters is 1. The largest absolute Gasteiger partial charge is 0.466 e. The Bertz CT molecular complexity index is 650. The summed E-state index contributed by atoms with van der Waals surface area (Å²) in [7, 11) is 0. The second-order valence-electron chi connectivity index (χ2n) is 4.81. The number of aryl methyl sites for hydroxylation is 1. The number of anilines is 1. The van der Waals surface area contributed by atoms with Gasteiger partial charge in [-0.25, -0.2) is 4.98 Å². The van der Waals surface area contributed by atoms with Crippen LogP contribution in [-0.4, -0.2) is 23.5 Å². The van der Waals surface area contributed by atoms with Crippen molar-refractivity contribution in [2.75, 3.05) is 11.9 Å². The molecule has 22 heavy (non-hydrogen) atoms. The smallest absolute Gasteiger partial charge is 0.311 e. The van der Waals surface area contributed by atoms with E-state index in [1.54, 1.807) is 12.3 Å². The van der Waals surface area contributed by atoms with Crippen molar-refractivity contribution in [3.8, 4) is 0 Å². The number of aromatic nitrogens is 1. The lowest BCUT2D eigenvalue weighted by molar-refractivity contribution is -0.142. The van der Waals surface area contributed by atoms with Gasteiger partial charge in [0.15, 0.2) is 0 Å². The minimum Gasteiger partial charge on any atom is -0.466 e. The molecule has 1 heterocycles. The molecule has 1 aromatic heterocycles. The van der Waals surface area contributed by atoms with Gasteiger partial charge >= 0.3 is 5.97 Å². The predicted octanol–water partition coefficient (Wildman–Crippen LogP) is 2.74. The Morgan fingerprint density at radius 1 is 1.23 bits per heavy atom. The number of nitrogens with zero attached hydrogens (tertiary/aromatic N) is 1. The SMILES string of the molecule is CCOC(=O)Cc1csc(CC(=O)Nc2ccc(C)cc2)n1. The van der Waals surface area contributed by atoms with Crippen LogP contribution in [0, 0.1) is 6.92 Å². The first-order chi connectivity index (χ1) is 10.6. The van der Waals surface area contributed by atoms with Gasteiger partial charge in [-0.1, -0.05) is 17.7 Å². The number of rotatable bonds is 6. The zero-order chi connectivity index (χ0) is 15.9. The van der Waals surface area contributed by atoms with Crippen LogP contribution in [0.5, 0.6) is 0 Å². The lowest BCUT2D eigenvalue weighted by Gasteiger charge is -2.04. The Morgan fingerprint density at radius 3 is 2.64 bits per heavy atom. The summed E-state index contributed by atoms with van der Waals surface area (Å²) in [5.74, 6) is -0.427. The van der Waals surface area contributed by atoms with Crippen LogP contribution >= 0.6 is 11.3 Å². The highest BCUT2D eigenvalue weighted by Gasteiger charge is 2.11. The molecule has 0 unspecified atom stereocenters. The van der Waals surface area contributed by atoms with Crippen LogP contribution in [0.1, 0.15) is 23.2 Å². The Morgan fingerprint density at radius 2 is 1.95 bits per heavy atom. The average molecular weight is 318 g/mol. The highest BCUT2D eigenvalue weighted by Crippen LogP contribution is 2.13. The summed E-state index contributed by atoms with van der Waals surface area (Å²) in [6.07, 6.45) is 0.339. The first-order valence-electron chi connectivity index (χ1n) is 7.02. The minimum atomic E-state index is -0.302. The van der Waals surface area contributed by atoms with E-state index in [1.807, 2.05) is 31.2 Å². The fourth-order valence-electron chi connectivity index (χ4n) is 1.85. The third-order valence-electron chi connectivity index (χ3n) is 2.88. The van der Waals surface area contributed by atoms with E-state index in [4.69, 9.17) is 4.74 Å². The lowest BCUT2D eigenvalue weighted by Crippen LogP contribution is -2.14. The molecule has 116 valence electrons. The first-order valence-corrected chi connectivity index (χ1v) is 7.90. The number of carbonyl (C=O) groups is 2. The Kier molecular flexibility index (Phi) is 5.66. The van der Waals surface area contributed by atoms with Crippen molar-refractivity contribution in [1.29, 1.82) is 0 Å². The summed E-state index contributed by atoms with van der Waals surface area (Å²) in [6.45, 7) is 4.11. The molecule has 5 nitrogen and oxygen atoms in total. The van der Waals surface area contributed by atoms with E-state index in [0.29, 0.717) is 17.3 Å². The number of hydrogen-bond donors (Lipinski definition) is 1. The summed E-state index contributed by atoms with van der Waals surface area (Å²) < 4.78 is 4.87. The van der Waals surface area contributed by atoms with E-state index >= 15 is 0 Å². The van der Waals surface area contributed by atoms with Crippen molar-refractivity contribution in [2.24, 2.45) is 0 Å². The van der Waals surface area contributed by atoms with Gasteiger partial charge in [-0.05, 0) is 26.0 Å². The van der Waals surface area contributed by atoms with Gasteiger partial charge in [0, 0.05) is 11.1 Å². The summed E-state index contributed by atoms with van der Waals surface area (Å²) >= 11 is 1.37. The molecule has 6 heteroatoms. The van der Waals surface area contributed by atoms with Crippen molar-refractivity contribution >= 4 is 28.9 Å². The number of benzene rings is 1. The van der Waals surface area contributed by atoms with Gasteiger partial charge in [-0.2, -0.15) is 0 Å². The van der Waals surface area contributed by atoms with Crippen molar-refractivity contribution in [1.82, 2.24) is 4.98 Å². The summed E-state index contributed by atoms with van der Waals surface area (Å²) in [5, 5.41) is 5.29. The van der Waals surface area contributed by atoms with Crippen molar-refractivity contribution < 1.29 is 14.3 Å². The summed E-state index contributed by atoms with van der Waals surface area (Å²) in [4.78, 5) is 27.6. The average Bonchev–Trinajstić information content (AvgIpc) is 2.88. The molecule has 1 N–H and O–H groups in total. The molecule has 0 atom stereocenters. The Balaban J connectivity index is 1.88. The molecule has 0 spiro atoms. The fraction of sp³-hybridized carbons (Fsp3) is 0.312. The molecule has 0 saturated carbocycles. The molecule has 1 aromatic carbocycles. The lowest BCUT2D eigenvalue weighted by atomic mass is 10.2. The normalized spacial score (nSPS) is 10.3. The van der Waals surface area contributed by atoms with Gasteiger partial charge < -0.3 is 10.1 Å². The number of amides is 1. The van der Waals surface area contributed by atoms with Gasteiger partial charge in [0.05, 0.1) is 25.1 Å². The summed E-state index contributed by atoms with van der Waals surface area (Å²) in [6, 6.07) is 7.61. The van der Waals surface area contributed by atoms with Gasteiger partial charge in [0.2, 0.25) is 5.91 Å². The topological polar surface area (TPSA) is 68.3 Å². The maximum atomic E-state index is 12.0. The molecule has 1 amide bonds. The zero-order valence-electron chi connectivity index (χ0n) is 12.6. The first kappa shape index (κ1) is 16.2. The van der Waals surface area contributed by atoms with E-state index < -0.39 is 0 Å². The van der Waals surface area contributed by atoms with Crippen LogP contribution in [0.15, 0.2) is 29.6 Å². The molecule has 0 aliphatic rings. The number of carbonyl (C=O) groups excluding carboxylic acids is 2. The molecule has 0 bridgehead atoms. The quantitative estimate of drug-likeness (QED) is 0.832. The van der Waals surface area contributed by atoms with Crippen molar-refractivity contribution in [3.05, 3.63) is 45.9 Å².